The number of nitrogen functional groups attached to an aromatic ring is 1. The Morgan fingerprint density at radius 3 is 3.16 bits per heavy atom. The lowest BCUT2D eigenvalue weighted by molar-refractivity contribution is 0.0949. The monoisotopic (exact) mass is 297 g/mol. The highest BCUT2D eigenvalue weighted by molar-refractivity contribution is 7.97. The first-order valence-corrected chi connectivity index (χ1v) is 7.97. The van der Waals surface area contributed by atoms with Crippen LogP contribution in [-0.4, -0.2) is 33.9 Å². The predicted molar refractivity (Wildman–Crippen MR) is 78.4 cm³/mol. The van der Waals surface area contributed by atoms with Crippen molar-refractivity contribution in [2.75, 3.05) is 18.5 Å². The van der Waals surface area contributed by atoms with Crippen LogP contribution in [-0.2, 0) is 12.2 Å². The van der Waals surface area contributed by atoms with Gasteiger partial charge in [0.15, 0.2) is 0 Å². The molecule has 0 fully saturated rings. The fourth-order valence-electron chi connectivity index (χ4n) is 1.51. The Labute approximate surface area is 119 Å². The highest BCUT2D eigenvalue weighted by Gasteiger charge is 2.08. The molecule has 0 atom stereocenters. The van der Waals surface area contributed by atoms with Crippen molar-refractivity contribution in [1.29, 1.82) is 0 Å². The molecular formula is C11H15N5OS2. The fraction of sp³-hybridized carbons (Fsp3) is 0.364. The number of H-pyrrole nitrogens is 1. The zero-order valence-electron chi connectivity index (χ0n) is 10.5. The number of aromatic nitrogens is 3. The maximum absolute atomic E-state index is 11.7. The average molecular weight is 297 g/mol. The fourth-order valence-corrected chi connectivity index (χ4v) is 3.06. The largest absolute Gasteiger partial charge is 0.382 e. The molecule has 0 saturated carbocycles. The lowest BCUT2D eigenvalue weighted by Crippen LogP contribution is -2.26. The predicted octanol–water partition coefficient (Wildman–Crippen LogP) is 1.28. The summed E-state index contributed by atoms with van der Waals surface area (Å²) < 4.78 is 0. The molecule has 2 aromatic heterocycles. The summed E-state index contributed by atoms with van der Waals surface area (Å²) in [5.74, 6) is 1.04. The molecule has 0 aliphatic heterocycles. The van der Waals surface area contributed by atoms with E-state index < -0.39 is 0 Å². The van der Waals surface area contributed by atoms with Gasteiger partial charge in [-0.3, -0.25) is 9.89 Å². The van der Waals surface area contributed by atoms with Crippen molar-refractivity contribution in [2.24, 2.45) is 0 Å². The highest BCUT2D eigenvalue weighted by atomic mass is 32.2. The van der Waals surface area contributed by atoms with Gasteiger partial charge in [0.1, 0.15) is 16.5 Å². The number of amides is 1. The molecule has 0 aliphatic carbocycles. The SMILES string of the molecule is CSCc1nc(CCNC(=O)c2cc(N)n[nH]2)cs1. The number of nitrogens with two attached hydrogens (primary N) is 1. The molecule has 2 aromatic rings. The van der Waals surface area contributed by atoms with Crippen molar-refractivity contribution in [3.8, 4) is 0 Å². The molecule has 0 saturated heterocycles. The van der Waals surface area contributed by atoms with E-state index in [-0.39, 0.29) is 5.91 Å². The Morgan fingerprint density at radius 1 is 1.63 bits per heavy atom. The van der Waals surface area contributed by atoms with Gasteiger partial charge in [-0.2, -0.15) is 16.9 Å². The Bertz CT molecular complexity index is 551. The van der Waals surface area contributed by atoms with Gasteiger partial charge in [-0.05, 0) is 6.26 Å². The summed E-state index contributed by atoms with van der Waals surface area (Å²) in [6.07, 6.45) is 2.78. The summed E-state index contributed by atoms with van der Waals surface area (Å²) in [5, 5.41) is 12.2. The molecule has 0 unspecified atom stereocenters. The number of anilines is 1. The number of thiazole rings is 1. The normalized spacial score (nSPS) is 10.6. The molecule has 19 heavy (non-hydrogen) atoms. The molecule has 102 valence electrons. The van der Waals surface area contributed by atoms with Crippen LogP contribution in [0.5, 0.6) is 0 Å². The summed E-state index contributed by atoms with van der Waals surface area (Å²) >= 11 is 3.41. The quantitative estimate of drug-likeness (QED) is 0.746. The highest BCUT2D eigenvalue weighted by Crippen LogP contribution is 2.15. The van der Waals surface area contributed by atoms with Gasteiger partial charge in [0.25, 0.3) is 5.91 Å². The van der Waals surface area contributed by atoms with Gasteiger partial charge in [0.2, 0.25) is 0 Å². The van der Waals surface area contributed by atoms with Crippen LogP contribution in [0.2, 0.25) is 0 Å². The van der Waals surface area contributed by atoms with Crippen LogP contribution in [0.1, 0.15) is 21.2 Å². The molecule has 0 aromatic carbocycles. The molecule has 0 aliphatic rings. The number of aromatic amines is 1. The van der Waals surface area contributed by atoms with Gasteiger partial charge in [-0.25, -0.2) is 4.98 Å². The van der Waals surface area contributed by atoms with E-state index in [0.29, 0.717) is 18.1 Å². The lowest BCUT2D eigenvalue weighted by Gasteiger charge is -2.01. The van der Waals surface area contributed by atoms with E-state index in [0.717, 1.165) is 22.9 Å². The minimum atomic E-state index is -0.205. The second-order valence-corrected chi connectivity index (χ2v) is 5.69. The van der Waals surface area contributed by atoms with E-state index in [1.54, 1.807) is 23.1 Å². The number of hydrogen-bond acceptors (Lipinski definition) is 6. The van der Waals surface area contributed by atoms with Crippen LogP contribution in [0.4, 0.5) is 5.82 Å². The van der Waals surface area contributed by atoms with Crippen molar-refractivity contribution < 1.29 is 4.79 Å². The molecule has 2 heterocycles. The summed E-state index contributed by atoms with van der Waals surface area (Å²) in [4.78, 5) is 16.2. The molecule has 8 heteroatoms. The molecular weight excluding hydrogens is 282 g/mol. The molecule has 0 bridgehead atoms. The van der Waals surface area contributed by atoms with Crippen LogP contribution in [0.15, 0.2) is 11.4 Å². The third-order valence-electron chi connectivity index (χ3n) is 2.38. The number of hydrogen-bond donors (Lipinski definition) is 3. The molecule has 6 nitrogen and oxygen atoms in total. The van der Waals surface area contributed by atoms with E-state index >= 15 is 0 Å². The van der Waals surface area contributed by atoms with Crippen molar-refractivity contribution >= 4 is 34.8 Å². The number of nitrogens with zero attached hydrogens (tertiary/aromatic N) is 2. The number of thioether (sulfide) groups is 1. The maximum Gasteiger partial charge on any atom is 0.269 e. The third-order valence-corrected chi connectivity index (χ3v) is 4.02. The second-order valence-electron chi connectivity index (χ2n) is 3.88. The third kappa shape index (κ3) is 3.97. The Kier molecular flexibility index (Phi) is 4.80. The van der Waals surface area contributed by atoms with Crippen LogP contribution < -0.4 is 11.1 Å². The van der Waals surface area contributed by atoms with Gasteiger partial charge >= 0.3 is 0 Å². The van der Waals surface area contributed by atoms with Gasteiger partial charge in [0.05, 0.1) is 5.69 Å². The van der Waals surface area contributed by atoms with Gasteiger partial charge < -0.3 is 11.1 Å². The molecule has 0 radical (unpaired) electrons. The first-order valence-electron chi connectivity index (χ1n) is 5.70. The molecule has 0 spiro atoms. The lowest BCUT2D eigenvalue weighted by atomic mass is 10.3. The summed E-state index contributed by atoms with van der Waals surface area (Å²) in [6.45, 7) is 0.542. The van der Waals surface area contributed by atoms with Crippen molar-refractivity contribution in [3.05, 3.63) is 27.8 Å². The number of nitrogens with one attached hydrogen (secondary N) is 2. The van der Waals surface area contributed by atoms with Crippen LogP contribution in [0, 0.1) is 0 Å². The number of carbonyl (C=O) groups is 1. The zero-order chi connectivity index (χ0) is 13.7. The smallest absolute Gasteiger partial charge is 0.269 e. The summed E-state index contributed by atoms with van der Waals surface area (Å²) in [6, 6.07) is 1.51. The number of rotatable bonds is 6. The Morgan fingerprint density at radius 2 is 2.47 bits per heavy atom. The second kappa shape index (κ2) is 6.58. The maximum atomic E-state index is 11.7. The first kappa shape index (κ1) is 13.9. The van der Waals surface area contributed by atoms with E-state index in [1.165, 1.54) is 6.07 Å². The molecule has 4 N–H and O–H groups in total. The van der Waals surface area contributed by atoms with Crippen LogP contribution in [0.25, 0.3) is 0 Å². The number of carbonyl (C=O) groups excluding carboxylic acids is 1. The van der Waals surface area contributed by atoms with E-state index in [4.69, 9.17) is 5.73 Å². The van der Waals surface area contributed by atoms with Crippen molar-refractivity contribution in [1.82, 2.24) is 20.5 Å². The minimum absolute atomic E-state index is 0.205. The van der Waals surface area contributed by atoms with Gasteiger partial charge in [0, 0.05) is 30.2 Å². The van der Waals surface area contributed by atoms with E-state index in [2.05, 4.69) is 26.8 Å². The zero-order valence-corrected chi connectivity index (χ0v) is 12.1. The molecule has 2 rings (SSSR count). The van der Waals surface area contributed by atoms with Crippen molar-refractivity contribution in [3.63, 3.8) is 0 Å². The first-order chi connectivity index (χ1) is 9.19. The summed E-state index contributed by atoms with van der Waals surface area (Å²) in [5.41, 5.74) is 6.82. The summed E-state index contributed by atoms with van der Waals surface area (Å²) in [7, 11) is 0. The van der Waals surface area contributed by atoms with Crippen molar-refractivity contribution in [2.45, 2.75) is 12.2 Å². The van der Waals surface area contributed by atoms with E-state index in [9.17, 15) is 4.79 Å². The average Bonchev–Trinajstić information content (AvgIpc) is 2.99. The van der Waals surface area contributed by atoms with Crippen LogP contribution in [0.3, 0.4) is 0 Å². The van der Waals surface area contributed by atoms with E-state index in [1.807, 2.05) is 5.38 Å². The molecule has 1 amide bonds. The van der Waals surface area contributed by atoms with Crippen LogP contribution >= 0.6 is 23.1 Å². The Balaban J connectivity index is 1.78. The Hall–Kier alpha value is -1.54. The van der Waals surface area contributed by atoms with Gasteiger partial charge in [-0.1, -0.05) is 0 Å². The minimum Gasteiger partial charge on any atom is -0.382 e. The standard InChI is InChI=1S/C11H15N5OS2/c1-18-6-10-14-7(5-19-10)2-3-13-11(17)8-4-9(12)16-15-8/h4-5H,2-3,6H2,1H3,(H,13,17)(H3,12,15,16). The topological polar surface area (TPSA) is 96.7 Å². The van der Waals surface area contributed by atoms with Gasteiger partial charge in [-0.15, -0.1) is 11.3 Å².